The number of ether oxygens (including phenoxy) is 1. The summed E-state index contributed by atoms with van der Waals surface area (Å²) in [5, 5.41) is 14.1. The van der Waals surface area contributed by atoms with Gasteiger partial charge in [-0.15, -0.1) is 0 Å². The first-order valence-corrected chi connectivity index (χ1v) is 8.11. The first-order valence-electron chi connectivity index (χ1n) is 7.35. The van der Waals surface area contributed by atoms with Crippen LogP contribution in [0.3, 0.4) is 0 Å². The quantitative estimate of drug-likeness (QED) is 0.577. The number of halogens is 2. The average molecular weight is 360 g/mol. The molecular formula is C19H15Cl2NO2. The summed E-state index contributed by atoms with van der Waals surface area (Å²) in [4.78, 5) is 0. The molecule has 0 aliphatic heterocycles. The second-order valence-electron chi connectivity index (χ2n) is 5.20. The number of hydrogen-bond acceptors (Lipinski definition) is 3. The summed E-state index contributed by atoms with van der Waals surface area (Å²) in [6.07, 6.45) is 0. The first kappa shape index (κ1) is 16.5. The number of nitrogens with one attached hydrogen (secondary N) is 1. The minimum absolute atomic E-state index is 0.0339. The van der Waals surface area contributed by atoms with Gasteiger partial charge in [0.25, 0.3) is 0 Å². The van der Waals surface area contributed by atoms with E-state index in [4.69, 9.17) is 27.9 Å². The smallest absolute Gasteiger partial charge is 0.169 e. The highest BCUT2D eigenvalue weighted by molar-refractivity contribution is 6.32. The van der Waals surface area contributed by atoms with E-state index in [1.165, 1.54) is 6.07 Å². The molecule has 0 bridgehead atoms. The number of rotatable bonds is 5. The van der Waals surface area contributed by atoms with Crippen LogP contribution >= 0.6 is 23.2 Å². The summed E-state index contributed by atoms with van der Waals surface area (Å²) < 4.78 is 5.65. The molecule has 0 heterocycles. The van der Waals surface area contributed by atoms with Crippen molar-refractivity contribution in [1.82, 2.24) is 0 Å². The lowest BCUT2D eigenvalue weighted by molar-refractivity contribution is 0.411. The van der Waals surface area contributed by atoms with Crippen molar-refractivity contribution >= 4 is 28.9 Å². The third-order valence-electron chi connectivity index (χ3n) is 3.41. The maximum absolute atomic E-state index is 9.85. The van der Waals surface area contributed by atoms with Gasteiger partial charge in [0.05, 0.1) is 5.02 Å². The van der Waals surface area contributed by atoms with E-state index in [2.05, 4.69) is 5.32 Å². The van der Waals surface area contributed by atoms with E-state index in [1.54, 1.807) is 18.2 Å². The van der Waals surface area contributed by atoms with Crippen molar-refractivity contribution in [2.24, 2.45) is 0 Å². The Morgan fingerprint density at radius 1 is 0.875 bits per heavy atom. The van der Waals surface area contributed by atoms with Crippen molar-refractivity contribution in [1.29, 1.82) is 0 Å². The number of aromatic hydroxyl groups is 1. The second-order valence-corrected chi connectivity index (χ2v) is 6.04. The number of benzene rings is 3. The second kappa shape index (κ2) is 7.47. The molecule has 0 aliphatic rings. The minimum atomic E-state index is -0.0339. The summed E-state index contributed by atoms with van der Waals surface area (Å²) in [6.45, 7) is 0.649. The van der Waals surface area contributed by atoms with Gasteiger partial charge in [-0.25, -0.2) is 0 Å². The van der Waals surface area contributed by atoms with Crippen LogP contribution in [0.25, 0.3) is 0 Å². The van der Waals surface area contributed by atoms with Crippen molar-refractivity contribution in [3.8, 4) is 17.2 Å². The van der Waals surface area contributed by atoms with Gasteiger partial charge < -0.3 is 15.2 Å². The zero-order valence-electron chi connectivity index (χ0n) is 12.7. The molecular weight excluding hydrogens is 345 g/mol. The molecule has 3 rings (SSSR count). The Hall–Kier alpha value is -2.36. The number of hydrogen-bond donors (Lipinski definition) is 2. The fraction of sp³-hybridized carbons (Fsp3) is 0.0526. The number of phenolic OH excluding ortho intramolecular Hbond substituents is 1. The third kappa shape index (κ3) is 4.13. The van der Waals surface area contributed by atoms with Crippen LogP contribution in [0.2, 0.25) is 10.0 Å². The lowest BCUT2D eigenvalue weighted by Gasteiger charge is -2.11. The van der Waals surface area contributed by atoms with Gasteiger partial charge in [0.15, 0.2) is 11.5 Å². The largest absolute Gasteiger partial charge is 0.504 e. The zero-order chi connectivity index (χ0) is 16.9. The van der Waals surface area contributed by atoms with Crippen LogP contribution in [-0.4, -0.2) is 5.11 Å². The highest BCUT2D eigenvalue weighted by Crippen LogP contribution is 2.36. The Bertz CT molecular complexity index is 838. The monoisotopic (exact) mass is 359 g/mol. The standard InChI is InChI=1S/C19H15Cl2NO2/c20-14-7-9-19(17(23)11-14)24-18-8-6-13(10-16(18)21)12-22-15-4-2-1-3-5-15/h1-11,22-23H,12H2. The summed E-state index contributed by atoms with van der Waals surface area (Å²) in [6, 6.07) is 20.1. The predicted octanol–water partition coefficient (Wildman–Crippen LogP) is 6.10. The Morgan fingerprint density at radius 2 is 1.62 bits per heavy atom. The van der Waals surface area contributed by atoms with Crippen molar-refractivity contribution in [3.63, 3.8) is 0 Å². The molecule has 3 nitrogen and oxygen atoms in total. The number of para-hydroxylation sites is 1. The van der Waals surface area contributed by atoms with Gasteiger partial charge in [0, 0.05) is 23.3 Å². The molecule has 0 saturated heterocycles. The number of phenols is 1. The molecule has 0 saturated carbocycles. The van der Waals surface area contributed by atoms with Gasteiger partial charge in [-0.1, -0.05) is 47.5 Å². The Balaban J connectivity index is 1.70. The van der Waals surface area contributed by atoms with Gasteiger partial charge >= 0.3 is 0 Å². The average Bonchev–Trinajstić information content (AvgIpc) is 2.58. The fourth-order valence-electron chi connectivity index (χ4n) is 2.19. The minimum Gasteiger partial charge on any atom is -0.504 e. The Kier molecular flexibility index (Phi) is 5.14. The van der Waals surface area contributed by atoms with Gasteiger partial charge in [-0.3, -0.25) is 0 Å². The molecule has 0 radical (unpaired) electrons. The highest BCUT2D eigenvalue weighted by Gasteiger charge is 2.08. The van der Waals surface area contributed by atoms with Gasteiger partial charge in [0.2, 0.25) is 0 Å². The van der Waals surface area contributed by atoms with Crippen LogP contribution in [0.5, 0.6) is 17.2 Å². The van der Waals surface area contributed by atoms with Gasteiger partial charge in [-0.2, -0.15) is 0 Å². The Morgan fingerprint density at radius 3 is 2.33 bits per heavy atom. The van der Waals surface area contributed by atoms with E-state index in [1.807, 2.05) is 42.5 Å². The summed E-state index contributed by atoms with van der Waals surface area (Å²) >= 11 is 12.1. The summed E-state index contributed by atoms with van der Waals surface area (Å²) in [5.41, 5.74) is 2.07. The van der Waals surface area contributed by atoms with E-state index in [-0.39, 0.29) is 5.75 Å². The topological polar surface area (TPSA) is 41.5 Å². The maximum Gasteiger partial charge on any atom is 0.169 e. The molecule has 0 atom stereocenters. The molecule has 0 fully saturated rings. The molecule has 0 amide bonds. The van der Waals surface area contributed by atoms with Gasteiger partial charge in [0.1, 0.15) is 5.75 Å². The van der Waals surface area contributed by atoms with Crippen molar-refractivity contribution in [3.05, 3.63) is 82.3 Å². The number of anilines is 1. The summed E-state index contributed by atoms with van der Waals surface area (Å²) in [7, 11) is 0. The van der Waals surface area contributed by atoms with Crippen molar-refractivity contribution < 1.29 is 9.84 Å². The predicted molar refractivity (Wildman–Crippen MR) is 98.4 cm³/mol. The Labute approximate surface area is 150 Å². The van der Waals surface area contributed by atoms with E-state index in [9.17, 15) is 5.11 Å². The van der Waals surface area contributed by atoms with Crippen LogP contribution in [0.15, 0.2) is 66.7 Å². The van der Waals surface area contributed by atoms with E-state index in [0.29, 0.717) is 28.1 Å². The molecule has 0 aromatic heterocycles. The lowest BCUT2D eigenvalue weighted by Crippen LogP contribution is -1.99. The molecule has 3 aromatic carbocycles. The summed E-state index contributed by atoms with van der Waals surface area (Å²) in [5.74, 6) is 0.739. The molecule has 0 unspecified atom stereocenters. The fourth-order valence-corrected chi connectivity index (χ4v) is 2.60. The molecule has 0 aliphatic carbocycles. The van der Waals surface area contributed by atoms with Gasteiger partial charge in [-0.05, 0) is 42.0 Å². The zero-order valence-corrected chi connectivity index (χ0v) is 14.2. The van der Waals surface area contributed by atoms with E-state index < -0.39 is 0 Å². The van der Waals surface area contributed by atoms with Crippen molar-refractivity contribution in [2.75, 3.05) is 5.32 Å². The van der Waals surface area contributed by atoms with E-state index >= 15 is 0 Å². The molecule has 2 N–H and O–H groups in total. The highest BCUT2D eigenvalue weighted by atomic mass is 35.5. The molecule has 5 heteroatoms. The van der Waals surface area contributed by atoms with Crippen LogP contribution in [-0.2, 0) is 6.54 Å². The lowest BCUT2D eigenvalue weighted by atomic mass is 10.2. The molecule has 122 valence electrons. The van der Waals surface area contributed by atoms with Crippen LogP contribution in [0, 0.1) is 0 Å². The maximum atomic E-state index is 9.85. The third-order valence-corrected chi connectivity index (χ3v) is 3.94. The molecule has 24 heavy (non-hydrogen) atoms. The van der Waals surface area contributed by atoms with Crippen LogP contribution in [0.1, 0.15) is 5.56 Å². The molecule has 3 aromatic rings. The SMILES string of the molecule is Oc1cc(Cl)ccc1Oc1ccc(CNc2ccccc2)cc1Cl. The normalized spacial score (nSPS) is 10.4. The van der Waals surface area contributed by atoms with Crippen LogP contribution < -0.4 is 10.1 Å². The van der Waals surface area contributed by atoms with Crippen molar-refractivity contribution in [2.45, 2.75) is 6.54 Å². The molecule has 0 spiro atoms. The van der Waals surface area contributed by atoms with E-state index in [0.717, 1.165) is 11.3 Å². The first-order chi connectivity index (χ1) is 11.6. The van der Waals surface area contributed by atoms with Crippen LogP contribution in [0.4, 0.5) is 5.69 Å².